The number of benzene rings is 1. The Labute approximate surface area is 190 Å². The third-order valence-corrected chi connectivity index (χ3v) is 6.62. The molecule has 0 aliphatic carbocycles. The monoisotopic (exact) mass is 467 g/mol. The Balaban J connectivity index is 1.88. The number of carbonyl (C=O) groups excluding carboxylic acids is 2. The van der Waals surface area contributed by atoms with Gasteiger partial charge in [0.15, 0.2) is 17.2 Å². The van der Waals surface area contributed by atoms with Crippen LogP contribution in [0.15, 0.2) is 24.3 Å². The Bertz CT molecular complexity index is 957. The quantitative estimate of drug-likeness (QED) is 0.607. The normalized spacial score (nSPS) is 17.6. The van der Waals surface area contributed by atoms with Crippen molar-refractivity contribution in [1.82, 2.24) is 5.32 Å². The van der Waals surface area contributed by atoms with E-state index < -0.39 is 11.9 Å². The summed E-state index contributed by atoms with van der Waals surface area (Å²) in [5.41, 5.74) is 0.803. The number of rotatable bonds is 7. The molecule has 0 bridgehead atoms. The highest BCUT2D eigenvalue weighted by Crippen LogP contribution is 2.46. The maximum atomic E-state index is 12.2. The number of esters is 2. The zero-order valence-electron chi connectivity index (χ0n) is 18.0. The predicted molar refractivity (Wildman–Crippen MR) is 119 cm³/mol. The van der Waals surface area contributed by atoms with Crippen LogP contribution in [0.2, 0.25) is 5.02 Å². The molecular weight excluding hydrogens is 442 g/mol. The summed E-state index contributed by atoms with van der Waals surface area (Å²) < 4.78 is 21.2. The lowest BCUT2D eigenvalue weighted by Gasteiger charge is -2.36. The second kappa shape index (κ2) is 9.89. The van der Waals surface area contributed by atoms with Crippen LogP contribution in [0.25, 0.3) is 10.4 Å². The van der Waals surface area contributed by atoms with E-state index in [-0.39, 0.29) is 33.9 Å². The van der Waals surface area contributed by atoms with E-state index in [1.54, 1.807) is 0 Å². The zero-order chi connectivity index (χ0) is 22.6. The van der Waals surface area contributed by atoms with Gasteiger partial charge in [0.05, 0.1) is 19.1 Å². The van der Waals surface area contributed by atoms with Gasteiger partial charge >= 0.3 is 11.9 Å². The molecule has 0 saturated carbocycles. The van der Waals surface area contributed by atoms with Crippen molar-refractivity contribution in [1.29, 1.82) is 0 Å². The van der Waals surface area contributed by atoms with Crippen molar-refractivity contribution in [2.45, 2.75) is 38.3 Å². The molecule has 2 aromatic rings. The highest BCUT2D eigenvalue weighted by atomic mass is 35.5. The largest absolute Gasteiger partial charge is 0.490 e. The Hall–Kier alpha value is -2.29. The Kier molecular flexibility index (Phi) is 7.46. The fourth-order valence-electron chi connectivity index (χ4n) is 3.45. The molecular formula is C22H26ClNO6S. The highest BCUT2D eigenvalue weighted by Gasteiger charge is 2.29. The van der Waals surface area contributed by atoms with Crippen LogP contribution in [0.4, 0.5) is 0 Å². The molecule has 9 heteroatoms. The lowest BCUT2D eigenvalue weighted by Crippen LogP contribution is -2.49. The zero-order valence-corrected chi connectivity index (χ0v) is 19.5. The second-order valence-corrected chi connectivity index (χ2v) is 9.23. The molecule has 0 spiro atoms. The van der Waals surface area contributed by atoms with Crippen molar-refractivity contribution >= 4 is 34.9 Å². The van der Waals surface area contributed by atoms with Gasteiger partial charge in [0.1, 0.15) is 16.9 Å². The van der Waals surface area contributed by atoms with Gasteiger partial charge in [-0.25, -0.2) is 9.59 Å². The Morgan fingerprint density at radius 1 is 1.26 bits per heavy atom. The first-order valence-corrected chi connectivity index (χ1v) is 11.1. The Morgan fingerprint density at radius 2 is 2.03 bits per heavy atom. The van der Waals surface area contributed by atoms with Crippen molar-refractivity contribution in [3.63, 3.8) is 0 Å². The second-order valence-electron chi connectivity index (χ2n) is 7.83. The molecule has 1 aliphatic rings. The molecule has 1 fully saturated rings. The first-order chi connectivity index (χ1) is 14.7. The first-order valence-electron chi connectivity index (χ1n) is 9.86. The fourth-order valence-corrected chi connectivity index (χ4v) is 4.93. The van der Waals surface area contributed by atoms with Crippen LogP contribution >= 0.6 is 22.9 Å². The van der Waals surface area contributed by atoms with Crippen molar-refractivity contribution in [3.05, 3.63) is 34.2 Å². The van der Waals surface area contributed by atoms with Gasteiger partial charge < -0.3 is 24.3 Å². The van der Waals surface area contributed by atoms with Gasteiger partial charge in [-0.2, -0.15) is 0 Å². The van der Waals surface area contributed by atoms with E-state index in [0.29, 0.717) is 4.88 Å². The molecule has 1 atom stereocenters. The van der Waals surface area contributed by atoms with Gasteiger partial charge in [0.2, 0.25) is 0 Å². The molecule has 31 heavy (non-hydrogen) atoms. The Morgan fingerprint density at radius 3 is 2.71 bits per heavy atom. The maximum absolute atomic E-state index is 12.2. The minimum Gasteiger partial charge on any atom is -0.490 e. The highest BCUT2D eigenvalue weighted by molar-refractivity contribution is 7.18. The summed E-state index contributed by atoms with van der Waals surface area (Å²) in [7, 11) is 2.53. The first kappa shape index (κ1) is 23.4. The minimum atomic E-state index is -0.595. The SMILES string of the molecule is COC(=O)COc1c(C(=O)OC)sc(-c2cccc(OC3CCNC(C)(C)C3)c2)c1Cl. The molecule has 1 aromatic heterocycles. The molecule has 2 heterocycles. The van der Waals surface area contributed by atoms with Crippen LogP contribution < -0.4 is 14.8 Å². The number of piperidine rings is 1. The number of hydrogen-bond donors (Lipinski definition) is 1. The van der Waals surface area contributed by atoms with Crippen LogP contribution in [0.5, 0.6) is 11.5 Å². The van der Waals surface area contributed by atoms with Gasteiger partial charge in [0, 0.05) is 12.0 Å². The van der Waals surface area contributed by atoms with E-state index in [9.17, 15) is 9.59 Å². The van der Waals surface area contributed by atoms with E-state index in [1.165, 1.54) is 14.2 Å². The summed E-state index contributed by atoms with van der Waals surface area (Å²) >= 11 is 7.69. The van der Waals surface area contributed by atoms with Crippen LogP contribution in [0.1, 0.15) is 36.4 Å². The molecule has 1 aliphatic heterocycles. The summed E-state index contributed by atoms with van der Waals surface area (Å²) in [4.78, 5) is 24.5. The molecule has 3 rings (SSSR count). The number of methoxy groups -OCH3 is 2. The van der Waals surface area contributed by atoms with Gasteiger partial charge in [-0.3, -0.25) is 0 Å². The predicted octanol–water partition coefficient (Wildman–Crippen LogP) is 4.32. The summed E-state index contributed by atoms with van der Waals surface area (Å²) in [6.45, 7) is 4.85. The van der Waals surface area contributed by atoms with Gasteiger partial charge in [0.25, 0.3) is 0 Å². The molecule has 1 saturated heterocycles. The van der Waals surface area contributed by atoms with Crippen LogP contribution in [-0.2, 0) is 14.3 Å². The molecule has 1 N–H and O–H groups in total. The molecule has 0 radical (unpaired) electrons. The molecule has 168 valence electrons. The molecule has 0 amide bonds. The van der Waals surface area contributed by atoms with Crippen LogP contribution in [-0.4, -0.2) is 51.0 Å². The summed E-state index contributed by atoms with van der Waals surface area (Å²) in [6, 6.07) is 7.54. The lowest BCUT2D eigenvalue weighted by molar-refractivity contribution is -0.142. The topological polar surface area (TPSA) is 83.1 Å². The third kappa shape index (κ3) is 5.70. The number of halogens is 1. The summed E-state index contributed by atoms with van der Waals surface area (Å²) in [6.07, 6.45) is 1.93. The van der Waals surface area contributed by atoms with Crippen molar-refractivity contribution in [3.8, 4) is 21.9 Å². The number of ether oxygens (including phenoxy) is 4. The average Bonchev–Trinajstić information content (AvgIpc) is 3.07. The molecule has 1 unspecified atom stereocenters. The van der Waals surface area contributed by atoms with E-state index >= 15 is 0 Å². The van der Waals surface area contributed by atoms with E-state index in [2.05, 4.69) is 23.9 Å². The average molecular weight is 468 g/mol. The fraction of sp³-hybridized carbons (Fsp3) is 0.455. The van der Waals surface area contributed by atoms with Crippen LogP contribution in [0.3, 0.4) is 0 Å². The van der Waals surface area contributed by atoms with Gasteiger partial charge in [-0.05, 0) is 44.5 Å². The summed E-state index contributed by atoms with van der Waals surface area (Å²) in [5.74, 6) is -0.353. The lowest BCUT2D eigenvalue weighted by atomic mass is 9.91. The van der Waals surface area contributed by atoms with Crippen molar-refractivity contribution in [2.24, 2.45) is 0 Å². The van der Waals surface area contributed by atoms with Crippen LogP contribution in [0, 0.1) is 0 Å². The molecule has 1 aromatic carbocycles. The summed E-state index contributed by atoms with van der Waals surface area (Å²) in [5, 5.41) is 3.71. The molecule has 7 nitrogen and oxygen atoms in total. The van der Waals surface area contributed by atoms with E-state index in [0.717, 1.165) is 42.0 Å². The standard InChI is InChI=1S/C22H26ClNO6S/c1-22(2)11-15(8-9-24-22)30-14-7-5-6-13(10-14)19-17(23)18(29-12-16(25)27-3)20(31-19)21(26)28-4/h5-7,10,15,24H,8-9,11-12H2,1-4H3. The number of thiophene rings is 1. The smallest absolute Gasteiger partial charge is 0.351 e. The van der Waals surface area contributed by atoms with Crippen molar-refractivity contribution in [2.75, 3.05) is 27.4 Å². The van der Waals surface area contributed by atoms with E-state index in [1.807, 2.05) is 24.3 Å². The van der Waals surface area contributed by atoms with Crippen molar-refractivity contribution < 1.29 is 28.5 Å². The third-order valence-electron chi connectivity index (χ3n) is 4.95. The minimum absolute atomic E-state index is 0.0267. The van der Waals surface area contributed by atoms with E-state index in [4.69, 9.17) is 25.8 Å². The van der Waals surface area contributed by atoms with Gasteiger partial charge in [-0.1, -0.05) is 23.7 Å². The number of nitrogens with one attached hydrogen (secondary N) is 1. The maximum Gasteiger partial charge on any atom is 0.351 e. The number of carbonyl (C=O) groups is 2. The number of hydrogen-bond acceptors (Lipinski definition) is 8. The van der Waals surface area contributed by atoms with Gasteiger partial charge in [-0.15, -0.1) is 11.3 Å².